The fourth-order valence-electron chi connectivity index (χ4n) is 1.77. The largest absolute Gasteiger partial charge is 0.484 e. The molecule has 0 aliphatic heterocycles. The third kappa shape index (κ3) is 3.74. The van der Waals surface area contributed by atoms with Gasteiger partial charge in [-0.25, -0.2) is 0 Å². The molecule has 0 aliphatic carbocycles. The highest BCUT2D eigenvalue weighted by atomic mass is 16.5. The minimum absolute atomic E-state index is 0.100. The van der Waals surface area contributed by atoms with Crippen LogP contribution in [0.3, 0.4) is 0 Å². The molecule has 2 aromatic rings. The van der Waals surface area contributed by atoms with Crippen LogP contribution in [0.1, 0.15) is 5.56 Å². The molecule has 1 amide bonds. The summed E-state index contributed by atoms with van der Waals surface area (Å²) < 4.78 is 5.41. The van der Waals surface area contributed by atoms with Crippen LogP contribution in [-0.4, -0.2) is 19.6 Å². The lowest BCUT2D eigenvalue weighted by molar-refractivity contribution is -0.120. The van der Waals surface area contributed by atoms with Gasteiger partial charge >= 0.3 is 0 Å². The summed E-state index contributed by atoms with van der Waals surface area (Å²) >= 11 is 0. The molecule has 2 aromatic carbocycles. The van der Waals surface area contributed by atoms with E-state index in [1.807, 2.05) is 6.07 Å². The Hall–Kier alpha value is -3.00. The normalized spacial score (nSPS) is 9.71. The zero-order chi connectivity index (χ0) is 15.2. The van der Waals surface area contributed by atoms with Crippen LogP contribution in [0.5, 0.6) is 5.75 Å². The number of carbonyl (C=O) groups is 1. The molecule has 0 fully saturated rings. The van der Waals surface area contributed by atoms with E-state index in [0.29, 0.717) is 22.7 Å². The molecule has 0 aliphatic rings. The predicted octanol–water partition coefficient (Wildman–Crippen LogP) is 2.18. The second-order valence-corrected chi connectivity index (χ2v) is 4.48. The Kier molecular flexibility index (Phi) is 4.42. The molecule has 0 saturated carbocycles. The molecule has 0 atom stereocenters. The van der Waals surface area contributed by atoms with Crippen LogP contribution in [0.25, 0.3) is 0 Å². The number of nitrogens with zero attached hydrogens (tertiary/aromatic N) is 2. The summed E-state index contributed by atoms with van der Waals surface area (Å²) in [6.45, 7) is -0.100. The number of hydrogen-bond donors (Lipinski definition) is 1. The van der Waals surface area contributed by atoms with E-state index < -0.39 is 0 Å². The first-order valence-corrected chi connectivity index (χ1v) is 6.35. The van der Waals surface area contributed by atoms with Gasteiger partial charge in [0.05, 0.1) is 11.6 Å². The van der Waals surface area contributed by atoms with E-state index in [1.54, 1.807) is 55.6 Å². The van der Waals surface area contributed by atoms with E-state index in [2.05, 4.69) is 0 Å². The number of likely N-dealkylation sites (N-methyl/N-ethyl adjacent to an activating group) is 1. The minimum atomic E-state index is -0.215. The average molecular weight is 281 g/mol. The molecule has 0 unspecified atom stereocenters. The van der Waals surface area contributed by atoms with Crippen molar-refractivity contribution in [3.05, 3.63) is 54.1 Å². The summed E-state index contributed by atoms with van der Waals surface area (Å²) in [5.41, 5.74) is 7.37. The number of ether oxygens (including phenoxy) is 1. The number of carbonyl (C=O) groups excluding carboxylic acids is 1. The van der Waals surface area contributed by atoms with E-state index in [0.717, 1.165) is 0 Å². The van der Waals surface area contributed by atoms with Gasteiger partial charge < -0.3 is 15.4 Å². The number of amides is 1. The number of nitriles is 1. The van der Waals surface area contributed by atoms with Crippen molar-refractivity contribution in [1.29, 1.82) is 5.26 Å². The van der Waals surface area contributed by atoms with E-state index in [-0.39, 0.29) is 12.5 Å². The smallest absolute Gasteiger partial charge is 0.264 e. The van der Waals surface area contributed by atoms with Crippen LogP contribution in [-0.2, 0) is 4.79 Å². The van der Waals surface area contributed by atoms with Gasteiger partial charge in [-0.1, -0.05) is 12.1 Å². The highest BCUT2D eigenvalue weighted by Crippen LogP contribution is 2.17. The summed E-state index contributed by atoms with van der Waals surface area (Å²) in [5.74, 6) is 0.329. The molecule has 0 aromatic heterocycles. The Morgan fingerprint density at radius 2 is 2.05 bits per heavy atom. The van der Waals surface area contributed by atoms with Gasteiger partial charge in [-0.3, -0.25) is 4.79 Å². The quantitative estimate of drug-likeness (QED) is 0.871. The number of nitrogen functional groups attached to an aromatic ring is 1. The number of nitrogens with two attached hydrogens (primary N) is 1. The molecular weight excluding hydrogens is 266 g/mol. The number of rotatable bonds is 4. The molecule has 0 spiro atoms. The summed E-state index contributed by atoms with van der Waals surface area (Å²) in [5, 5.41) is 8.87. The summed E-state index contributed by atoms with van der Waals surface area (Å²) in [6.07, 6.45) is 0. The minimum Gasteiger partial charge on any atom is -0.484 e. The van der Waals surface area contributed by atoms with Crippen molar-refractivity contribution < 1.29 is 9.53 Å². The Morgan fingerprint density at radius 3 is 2.76 bits per heavy atom. The van der Waals surface area contributed by atoms with Crippen LogP contribution in [0.15, 0.2) is 48.5 Å². The van der Waals surface area contributed by atoms with Crippen molar-refractivity contribution in [1.82, 2.24) is 0 Å². The molecule has 2 rings (SSSR count). The zero-order valence-electron chi connectivity index (χ0n) is 11.6. The maximum atomic E-state index is 12.1. The highest BCUT2D eigenvalue weighted by molar-refractivity contribution is 5.94. The van der Waals surface area contributed by atoms with Crippen molar-refractivity contribution in [3.63, 3.8) is 0 Å². The Labute approximate surface area is 123 Å². The summed E-state index contributed by atoms with van der Waals surface area (Å²) in [7, 11) is 1.64. The van der Waals surface area contributed by atoms with E-state index in [1.165, 1.54) is 4.90 Å². The van der Waals surface area contributed by atoms with Crippen molar-refractivity contribution >= 4 is 17.3 Å². The molecule has 5 nitrogen and oxygen atoms in total. The second-order valence-electron chi connectivity index (χ2n) is 4.48. The monoisotopic (exact) mass is 281 g/mol. The van der Waals surface area contributed by atoms with Crippen molar-refractivity contribution in [2.45, 2.75) is 0 Å². The standard InChI is InChI=1S/C16H15N3O2/c1-19(14-6-2-4-12(8-14)10-17)16(20)11-21-15-7-3-5-13(18)9-15/h2-9H,11,18H2,1H3. The van der Waals surface area contributed by atoms with Gasteiger partial charge in [-0.2, -0.15) is 5.26 Å². The van der Waals surface area contributed by atoms with Crippen LogP contribution >= 0.6 is 0 Å². The molecule has 5 heteroatoms. The van der Waals surface area contributed by atoms with Crippen molar-refractivity contribution in [2.24, 2.45) is 0 Å². The number of hydrogen-bond acceptors (Lipinski definition) is 4. The Morgan fingerprint density at radius 1 is 1.29 bits per heavy atom. The number of anilines is 2. The SMILES string of the molecule is CN(C(=O)COc1cccc(N)c1)c1cccc(C#N)c1. The molecule has 106 valence electrons. The van der Waals surface area contributed by atoms with Crippen molar-refractivity contribution in [2.75, 3.05) is 24.3 Å². The molecule has 0 heterocycles. The second kappa shape index (κ2) is 6.44. The Bertz CT molecular complexity index is 692. The van der Waals surface area contributed by atoms with E-state index >= 15 is 0 Å². The van der Waals surface area contributed by atoms with Gasteiger partial charge in [0.25, 0.3) is 5.91 Å². The average Bonchev–Trinajstić information content (AvgIpc) is 2.52. The third-order valence-corrected chi connectivity index (χ3v) is 2.96. The van der Waals surface area contributed by atoms with Gasteiger partial charge in [0.15, 0.2) is 6.61 Å². The number of benzene rings is 2. The van der Waals surface area contributed by atoms with Gasteiger partial charge in [0.2, 0.25) is 0 Å². The van der Waals surface area contributed by atoms with Crippen molar-refractivity contribution in [3.8, 4) is 11.8 Å². The van der Waals surface area contributed by atoms with Crippen LogP contribution in [0.4, 0.5) is 11.4 Å². The molecule has 0 bridgehead atoms. The molecule has 0 radical (unpaired) electrons. The lowest BCUT2D eigenvalue weighted by atomic mass is 10.2. The zero-order valence-corrected chi connectivity index (χ0v) is 11.6. The van der Waals surface area contributed by atoms with Crippen LogP contribution in [0, 0.1) is 11.3 Å². The predicted molar refractivity (Wildman–Crippen MR) is 80.9 cm³/mol. The first-order chi connectivity index (χ1) is 10.1. The highest BCUT2D eigenvalue weighted by Gasteiger charge is 2.12. The maximum absolute atomic E-state index is 12.1. The van der Waals surface area contributed by atoms with Gasteiger partial charge in [-0.15, -0.1) is 0 Å². The van der Waals surface area contributed by atoms with E-state index in [4.69, 9.17) is 15.7 Å². The summed E-state index contributed by atoms with van der Waals surface area (Å²) in [4.78, 5) is 13.5. The molecular formula is C16H15N3O2. The van der Waals surface area contributed by atoms with E-state index in [9.17, 15) is 4.79 Å². The topological polar surface area (TPSA) is 79.3 Å². The third-order valence-electron chi connectivity index (χ3n) is 2.96. The molecule has 21 heavy (non-hydrogen) atoms. The molecule has 0 saturated heterocycles. The maximum Gasteiger partial charge on any atom is 0.264 e. The lowest BCUT2D eigenvalue weighted by Gasteiger charge is -2.17. The first-order valence-electron chi connectivity index (χ1n) is 6.35. The van der Waals surface area contributed by atoms with Gasteiger partial charge in [0, 0.05) is 24.5 Å². The fraction of sp³-hybridized carbons (Fsp3) is 0.125. The van der Waals surface area contributed by atoms with Gasteiger partial charge in [0.1, 0.15) is 5.75 Å². The Balaban J connectivity index is 2.01. The first kappa shape index (κ1) is 14.4. The lowest BCUT2D eigenvalue weighted by Crippen LogP contribution is -2.31. The molecule has 2 N–H and O–H groups in total. The summed E-state index contributed by atoms with van der Waals surface area (Å²) in [6, 6.07) is 15.8. The van der Waals surface area contributed by atoms with Crippen LogP contribution < -0.4 is 15.4 Å². The van der Waals surface area contributed by atoms with Crippen LogP contribution in [0.2, 0.25) is 0 Å². The van der Waals surface area contributed by atoms with Gasteiger partial charge in [-0.05, 0) is 30.3 Å². The fourth-order valence-corrected chi connectivity index (χ4v) is 1.77.